The van der Waals surface area contributed by atoms with Gasteiger partial charge in [-0.25, -0.2) is 4.79 Å². The van der Waals surface area contributed by atoms with Crippen LogP contribution in [0.2, 0.25) is 0 Å². The van der Waals surface area contributed by atoms with Crippen LogP contribution in [0.4, 0.5) is 0 Å². The third-order valence-electron chi connectivity index (χ3n) is 2.22. The lowest BCUT2D eigenvalue weighted by molar-refractivity contribution is -0.138. The van der Waals surface area contributed by atoms with Crippen molar-refractivity contribution in [3.63, 3.8) is 0 Å². The normalized spacial score (nSPS) is 21.3. The lowest BCUT2D eigenvalue weighted by atomic mass is 10.0. The van der Waals surface area contributed by atoms with E-state index in [2.05, 4.69) is 12.6 Å². The van der Waals surface area contributed by atoms with Gasteiger partial charge in [0.2, 0.25) is 0 Å². The lowest BCUT2D eigenvalue weighted by Crippen LogP contribution is -2.05. The zero-order valence-electron chi connectivity index (χ0n) is 7.73. The van der Waals surface area contributed by atoms with Gasteiger partial charge >= 0.3 is 5.97 Å². The third-order valence-corrected chi connectivity index (χ3v) is 2.65. The van der Waals surface area contributed by atoms with Crippen LogP contribution in [0.5, 0.6) is 0 Å². The average molecular weight is 206 g/mol. The minimum absolute atomic E-state index is 0.197. The van der Waals surface area contributed by atoms with Crippen molar-refractivity contribution in [3.05, 3.63) is 40.8 Å². The molecule has 0 spiro atoms. The SMILES string of the molecule is CC1OC(=O)C(S)=C1c1ccccc1. The fraction of sp³-hybridized carbons (Fsp3) is 0.182. The van der Waals surface area contributed by atoms with E-state index in [-0.39, 0.29) is 12.1 Å². The number of carbonyl (C=O) groups excluding carboxylic acids is 1. The summed E-state index contributed by atoms with van der Waals surface area (Å²) in [7, 11) is 0. The number of thiol groups is 1. The average Bonchev–Trinajstić information content (AvgIpc) is 2.43. The monoisotopic (exact) mass is 206 g/mol. The van der Waals surface area contributed by atoms with Crippen LogP contribution < -0.4 is 0 Å². The first kappa shape index (κ1) is 9.34. The Bertz CT molecular complexity index is 395. The number of hydrogen-bond donors (Lipinski definition) is 1. The van der Waals surface area contributed by atoms with Crippen LogP contribution in [0.1, 0.15) is 12.5 Å². The van der Waals surface area contributed by atoms with E-state index in [9.17, 15) is 4.79 Å². The van der Waals surface area contributed by atoms with Gasteiger partial charge in [-0.05, 0) is 12.5 Å². The maximum absolute atomic E-state index is 11.2. The van der Waals surface area contributed by atoms with E-state index in [1.54, 1.807) is 0 Å². The van der Waals surface area contributed by atoms with Gasteiger partial charge in [-0.15, -0.1) is 12.6 Å². The van der Waals surface area contributed by atoms with Crippen LogP contribution in [-0.4, -0.2) is 12.1 Å². The van der Waals surface area contributed by atoms with Crippen LogP contribution in [0.25, 0.3) is 5.57 Å². The number of carbonyl (C=O) groups is 1. The number of hydrogen-bond acceptors (Lipinski definition) is 3. The molecule has 3 heteroatoms. The van der Waals surface area contributed by atoms with Gasteiger partial charge in [0.25, 0.3) is 0 Å². The van der Waals surface area contributed by atoms with E-state index in [1.165, 1.54) is 0 Å². The van der Waals surface area contributed by atoms with Crippen molar-refractivity contribution >= 4 is 24.2 Å². The molecule has 1 aromatic rings. The maximum Gasteiger partial charge on any atom is 0.345 e. The molecule has 0 saturated carbocycles. The summed E-state index contributed by atoms with van der Waals surface area (Å²) >= 11 is 4.16. The van der Waals surface area contributed by atoms with Crippen LogP contribution in [0.3, 0.4) is 0 Å². The molecule has 1 aliphatic heterocycles. The van der Waals surface area contributed by atoms with Crippen molar-refractivity contribution in [1.29, 1.82) is 0 Å². The van der Waals surface area contributed by atoms with Gasteiger partial charge in [0, 0.05) is 5.57 Å². The van der Waals surface area contributed by atoms with E-state index in [1.807, 2.05) is 37.3 Å². The zero-order chi connectivity index (χ0) is 10.1. The van der Waals surface area contributed by atoms with Crippen LogP contribution >= 0.6 is 12.6 Å². The highest BCUT2D eigenvalue weighted by atomic mass is 32.1. The molecule has 0 saturated heterocycles. The zero-order valence-corrected chi connectivity index (χ0v) is 8.62. The predicted molar refractivity (Wildman–Crippen MR) is 57.9 cm³/mol. The number of cyclic esters (lactones) is 1. The molecule has 1 atom stereocenters. The minimum atomic E-state index is -0.334. The molecule has 0 amide bonds. The smallest absolute Gasteiger partial charge is 0.345 e. The third kappa shape index (κ3) is 1.44. The second-order valence-electron chi connectivity index (χ2n) is 3.18. The Morgan fingerprint density at radius 2 is 1.93 bits per heavy atom. The maximum atomic E-state index is 11.2. The Morgan fingerprint density at radius 3 is 2.43 bits per heavy atom. The van der Waals surface area contributed by atoms with Gasteiger partial charge in [0.05, 0.1) is 4.91 Å². The fourth-order valence-corrected chi connectivity index (χ4v) is 1.93. The second-order valence-corrected chi connectivity index (χ2v) is 3.62. The fourth-order valence-electron chi connectivity index (χ4n) is 1.57. The Hall–Kier alpha value is -1.22. The van der Waals surface area contributed by atoms with E-state index >= 15 is 0 Å². The summed E-state index contributed by atoms with van der Waals surface area (Å²) in [6.45, 7) is 1.85. The van der Waals surface area contributed by atoms with Gasteiger partial charge in [-0.2, -0.15) is 0 Å². The molecule has 72 valence electrons. The van der Waals surface area contributed by atoms with Gasteiger partial charge in [-0.3, -0.25) is 0 Å². The standard InChI is InChI=1S/C11H10O2S/c1-7-9(10(14)11(12)13-7)8-5-3-2-4-6-8/h2-7,14H,1H3. The van der Waals surface area contributed by atoms with Crippen molar-refractivity contribution < 1.29 is 9.53 Å². The van der Waals surface area contributed by atoms with Gasteiger partial charge in [0.1, 0.15) is 6.10 Å². The molecule has 0 aliphatic carbocycles. The van der Waals surface area contributed by atoms with Crippen molar-refractivity contribution in [2.75, 3.05) is 0 Å². The second kappa shape index (κ2) is 3.50. The van der Waals surface area contributed by atoms with E-state index in [4.69, 9.17) is 4.74 Å². The number of rotatable bonds is 1. The Morgan fingerprint density at radius 1 is 1.29 bits per heavy atom. The molecular formula is C11H10O2S. The van der Waals surface area contributed by atoms with Crippen molar-refractivity contribution in [3.8, 4) is 0 Å². The molecule has 0 aromatic heterocycles. The topological polar surface area (TPSA) is 26.3 Å². The number of esters is 1. The van der Waals surface area contributed by atoms with E-state index in [0.717, 1.165) is 11.1 Å². The molecule has 0 bridgehead atoms. The summed E-state index contributed by atoms with van der Waals surface area (Å²) in [6, 6.07) is 9.69. The highest BCUT2D eigenvalue weighted by Gasteiger charge is 2.29. The first-order valence-electron chi connectivity index (χ1n) is 4.39. The molecule has 1 unspecified atom stereocenters. The summed E-state index contributed by atoms with van der Waals surface area (Å²) in [6.07, 6.45) is -0.197. The van der Waals surface area contributed by atoms with E-state index in [0.29, 0.717) is 4.91 Å². The summed E-state index contributed by atoms with van der Waals surface area (Å²) in [4.78, 5) is 11.6. The van der Waals surface area contributed by atoms with Crippen molar-refractivity contribution in [2.24, 2.45) is 0 Å². The van der Waals surface area contributed by atoms with E-state index < -0.39 is 0 Å². The first-order valence-corrected chi connectivity index (χ1v) is 4.84. The number of ether oxygens (including phenoxy) is 1. The molecule has 1 heterocycles. The first-order chi connectivity index (χ1) is 6.70. The molecule has 0 radical (unpaired) electrons. The summed E-state index contributed by atoms with van der Waals surface area (Å²) in [5.41, 5.74) is 1.87. The van der Waals surface area contributed by atoms with Gasteiger partial charge in [-0.1, -0.05) is 30.3 Å². The van der Waals surface area contributed by atoms with Gasteiger partial charge < -0.3 is 4.74 Å². The minimum Gasteiger partial charge on any atom is -0.454 e. The van der Waals surface area contributed by atoms with Crippen molar-refractivity contribution in [2.45, 2.75) is 13.0 Å². The highest BCUT2D eigenvalue weighted by Crippen LogP contribution is 2.32. The molecular weight excluding hydrogens is 196 g/mol. The largest absolute Gasteiger partial charge is 0.454 e. The molecule has 0 N–H and O–H groups in total. The molecule has 1 aliphatic rings. The van der Waals surface area contributed by atoms with Crippen LogP contribution in [0, 0.1) is 0 Å². The van der Waals surface area contributed by atoms with Gasteiger partial charge in [0.15, 0.2) is 0 Å². The van der Waals surface area contributed by atoms with Crippen LogP contribution in [-0.2, 0) is 9.53 Å². The molecule has 1 aromatic carbocycles. The lowest BCUT2D eigenvalue weighted by Gasteiger charge is -2.07. The highest BCUT2D eigenvalue weighted by molar-refractivity contribution is 7.86. The molecule has 14 heavy (non-hydrogen) atoms. The Labute approximate surface area is 88.0 Å². The molecule has 2 nitrogen and oxygen atoms in total. The molecule has 2 rings (SSSR count). The van der Waals surface area contributed by atoms with Crippen molar-refractivity contribution in [1.82, 2.24) is 0 Å². The number of benzene rings is 1. The quantitative estimate of drug-likeness (QED) is 0.563. The van der Waals surface area contributed by atoms with Crippen LogP contribution in [0.15, 0.2) is 35.2 Å². The predicted octanol–water partition coefficient (Wildman–Crippen LogP) is 2.27. The Balaban J connectivity index is 2.49. The Kier molecular flexibility index (Phi) is 2.33. The summed E-state index contributed by atoms with van der Waals surface area (Å²) in [5, 5.41) is 0. The summed E-state index contributed by atoms with van der Waals surface area (Å²) in [5.74, 6) is -0.334. The summed E-state index contributed by atoms with van der Waals surface area (Å²) < 4.78 is 5.05. The molecule has 0 fully saturated rings.